The first-order chi connectivity index (χ1) is 17.6. The number of carbonyl (C=O) groups is 2. The summed E-state index contributed by atoms with van der Waals surface area (Å²) in [4.78, 5) is 30.6. The van der Waals surface area contributed by atoms with E-state index in [4.69, 9.17) is 10.5 Å². The summed E-state index contributed by atoms with van der Waals surface area (Å²) in [7, 11) is 1.60. The molecule has 37 heavy (non-hydrogen) atoms. The van der Waals surface area contributed by atoms with E-state index in [1.165, 1.54) is 0 Å². The topological polar surface area (TPSA) is 96.1 Å². The molecule has 0 aliphatic rings. The van der Waals surface area contributed by atoms with Crippen LogP contribution in [0.5, 0.6) is 5.75 Å². The number of nitrogens with two attached hydrogens (primary N) is 1. The fourth-order valence-corrected chi connectivity index (χ4v) is 4.52. The monoisotopic (exact) mass is 511 g/mol. The first kappa shape index (κ1) is 30.3. The van der Waals surface area contributed by atoms with E-state index in [1.807, 2.05) is 56.0 Å². The number of aliphatic hydroxyl groups is 1. The van der Waals surface area contributed by atoms with Gasteiger partial charge in [-0.2, -0.15) is 0 Å². The molecule has 2 atom stereocenters. The van der Waals surface area contributed by atoms with Crippen LogP contribution in [-0.4, -0.2) is 65.6 Å². The minimum atomic E-state index is -0.882. The van der Waals surface area contributed by atoms with Gasteiger partial charge in [-0.05, 0) is 73.6 Å². The molecule has 2 aromatic carbocycles. The Balaban J connectivity index is 2.41. The van der Waals surface area contributed by atoms with Crippen LogP contribution in [-0.2, 0) is 6.54 Å². The number of hydrogen-bond acceptors (Lipinski definition) is 5. The first-order valence-electron chi connectivity index (χ1n) is 13.4. The van der Waals surface area contributed by atoms with E-state index in [0.29, 0.717) is 42.3 Å². The van der Waals surface area contributed by atoms with Gasteiger partial charge in [0, 0.05) is 43.3 Å². The minimum absolute atomic E-state index is 0.0696. The van der Waals surface area contributed by atoms with E-state index >= 15 is 0 Å². The molecule has 0 bridgehead atoms. The van der Waals surface area contributed by atoms with Gasteiger partial charge < -0.3 is 25.4 Å². The van der Waals surface area contributed by atoms with E-state index in [9.17, 15) is 14.7 Å². The number of benzene rings is 2. The summed E-state index contributed by atoms with van der Waals surface area (Å²) >= 11 is 0. The van der Waals surface area contributed by atoms with Gasteiger partial charge in [-0.3, -0.25) is 9.59 Å². The van der Waals surface area contributed by atoms with Crippen molar-refractivity contribution in [2.75, 3.05) is 26.7 Å². The maximum Gasteiger partial charge on any atom is 0.254 e. The molecule has 0 aromatic heterocycles. The predicted octanol–water partition coefficient (Wildman–Crippen LogP) is 4.64. The molecule has 0 aliphatic heterocycles. The number of nitrogens with zero attached hydrogens (tertiary/aromatic N) is 2. The number of carbonyl (C=O) groups excluding carboxylic acids is 2. The zero-order valence-corrected chi connectivity index (χ0v) is 23.4. The fraction of sp³-hybridized carbons (Fsp3) is 0.533. The molecule has 7 nitrogen and oxygen atoms in total. The predicted molar refractivity (Wildman–Crippen MR) is 149 cm³/mol. The van der Waals surface area contributed by atoms with Crippen molar-refractivity contribution in [3.05, 3.63) is 64.7 Å². The molecule has 0 heterocycles. The number of aryl methyl sites for hydroxylation is 1. The van der Waals surface area contributed by atoms with Gasteiger partial charge in [0.05, 0.1) is 13.2 Å². The number of ether oxygens (including phenoxy) is 1. The number of aliphatic hydroxyl groups excluding tert-OH is 1. The molecule has 0 unspecified atom stereocenters. The smallest absolute Gasteiger partial charge is 0.254 e. The molecule has 0 fully saturated rings. The number of methoxy groups -OCH3 is 1. The Bertz CT molecular complexity index is 1020. The molecule has 0 aliphatic carbocycles. The normalized spacial score (nSPS) is 12.8. The lowest BCUT2D eigenvalue weighted by Crippen LogP contribution is -2.46. The van der Waals surface area contributed by atoms with Crippen LogP contribution in [0, 0.1) is 12.8 Å². The summed E-state index contributed by atoms with van der Waals surface area (Å²) in [5.41, 5.74) is 8.90. The van der Waals surface area contributed by atoms with Crippen molar-refractivity contribution in [1.82, 2.24) is 9.80 Å². The Labute approximate surface area is 222 Å². The molecule has 204 valence electrons. The minimum Gasteiger partial charge on any atom is -0.497 e. The lowest BCUT2D eigenvalue weighted by Gasteiger charge is -2.29. The molecule has 3 N–H and O–H groups in total. The van der Waals surface area contributed by atoms with E-state index in [2.05, 4.69) is 13.8 Å². The Morgan fingerprint density at radius 2 is 1.57 bits per heavy atom. The fourth-order valence-electron chi connectivity index (χ4n) is 4.52. The van der Waals surface area contributed by atoms with Crippen molar-refractivity contribution in [2.24, 2.45) is 11.7 Å². The first-order valence-corrected chi connectivity index (χ1v) is 13.4. The summed E-state index contributed by atoms with van der Waals surface area (Å²) in [5.74, 6) is 0.692. The number of amides is 2. The summed E-state index contributed by atoms with van der Waals surface area (Å²) in [5, 5.41) is 10.9. The van der Waals surface area contributed by atoms with Crippen LogP contribution in [0.25, 0.3) is 0 Å². The quantitative estimate of drug-likeness (QED) is 0.385. The molecule has 0 radical (unpaired) electrons. The molecule has 2 aromatic rings. The van der Waals surface area contributed by atoms with Crippen LogP contribution in [0.3, 0.4) is 0 Å². The third-order valence-corrected chi connectivity index (χ3v) is 6.29. The lowest BCUT2D eigenvalue weighted by molar-refractivity contribution is 0.0536. The molecular weight excluding hydrogens is 466 g/mol. The van der Waals surface area contributed by atoms with E-state index < -0.39 is 12.1 Å². The van der Waals surface area contributed by atoms with E-state index in [-0.39, 0.29) is 24.9 Å². The summed E-state index contributed by atoms with van der Waals surface area (Å²) in [6.07, 6.45) is 1.50. The second kappa shape index (κ2) is 14.7. The van der Waals surface area contributed by atoms with E-state index in [1.54, 1.807) is 24.1 Å². The Hall–Kier alpha value is -2.90. The zero-order valence-electron chi connectivity index (χ0n) is 23.4. The third-order valence-electron chi connectivity index (χ3n) is 6.29. The summed E-state index contributed by atoms with van der Waals surface area (Å²) in [6, 6.07) is 12.4. The average Bonchev–Trinajstić information content (AvgIpc) is 2.86. The van der Waals surface area contributed by atoms with Crippen LogP contribution < -0.4 is 10.5 Å². The Morgan fingerprint density at radius 3 is 2.11 bits per heavy atom. The summed E-state index contributed by atoms with van der Waals surface area (Å²) < 4.78 is 5.35. The molecule has 0 saturated carbocycles. The molecule has 0 saturated heterocycles. The van der Waals surface area contributed by atoms with Crippen molar-refractivity contribution >= 4 is 11.8 Å². The Morgan fingerprint density at radius 1 is 0.973 bits per heavy atom. The molecule has 2 amide bonds. The van der Waals surface area contributed by atoms with Crippen molar-refractivity contribution in [2.45, 2.75) is 72.6 Å². The largest absolute Gasteiger partial charge is 0.497 e. The van der Waals surface area contributed by atoms with Crippen molar-refractivity contribution < 1.29 is 19.4 Å². The van der Waals surface area contributed by atoms with Crippen molar-refractivity contribution in [3.8, 4) is 5.75 Å². The maximum atomic E-state index is 13.9. The summed E-state index contributed by atoms with van der Waals surface area (Å²) in [6.45, 7) is 11.8. The maximum absolute atomic E-state index is 13.9. The highest BCUT2D eigenvalue weighted by Gasteiger charge is 2.25. The van der Waals surface area contributed by atoms with Gasteiger partial charge in [0.2, 0.25) is 0 Å². The standard InChI is InChI=1S/C30H45N3O4/c1-7-12-32(13-8-2)29(35)24-15-22(5)16-25(18-24)30(36)33(20-28(34)27(31)14-21(3)4)19-23-10-9-11-26(17-23)37-6/h9-11,15-18,21,27-28,34H,7-8,12-14,19-20,31H2,1-6H3/t27-,28+/m0/s1. The Kier molecular flexibility index (Phi) is 12.1. The van der Waals surface area contributed by atoms with Gasteiger partial charge in [0.25, 0.3) is 11.8 Å². The zero-order chi connectivity index (χ0) is 27.5. The molecule has 2 rings (SSSR count). The van der Waals surface area contributed by atoms with Gasteiger partial charge in [-0.1, -0.05) is 39.8 Å². The van der Waals surface area contributed by atoms with Crippen LogP contribution in [0.1, 0.15) is 78.8 Å². The van der Waals surface area contributed by atoms with E-state index in [0.717, 1.165) is 24.0 Å². The van der Waals surface area contributed by atoms with Crippen LogP contribution >= 0.6 is 0 Å². The van der Waals surface area contributed by atoms with Crippen molar-refractivity contribution in [1.29, 1.82) is 0 Å². The van der Waals surface area contributed by atoms with Crippen LogP contribution in [0.15, 0.2) is 42.5 Å². The number of rotatable bonds is 14. The second-order valence-electron chi connectivity index (χ2n) is 10.3. The van der Waals surface area contributed by atoms with Crippen LogP contribution in [0.2, 0.25) is 0 Å². The average molecular weight is 512 g/mol. The molecule has 0 spiro atoms. The number of hydrogen-bond donors (Lipinski definition) is 2. The van der Waals surface area contributed by atoms with Gasteiger partial charge >= 0.3 is 0 Å². The second-order valence-corrected chi connectivity index (χ2v) is 10.3. The van der Waals surface area contributed by atoms with Crippen LogP contribution in [0.4, 0.5) is 0 Å². The third kappa shape index (κ3) is 9.17. The SMILES string of the molecule is CCCN(CCC)C(=O)c1cc(C)cc(C(=O)N(Cc2cccc(OC)c2)C[C@@H](O)[C@@H](N)CC(C)C)c1. The highest BCUT2D eigenvalue weighted by atomic mass is 16.5. The van der Waals surface area contributed by atoms with Gasteiger partial charge in [-0.15, -0.1) is 0 Å². The van der Waals surface area contributed by atoms with Gasteiger partial charge in [0.15, 0.2) is 0 Å². The van der Waals surface area contributed by atoms with Crippen molar-refractivity contribution in [3.63, 3.8) is 0 Å². The highest BCUT2D eigenvalue weighted by Crippen LogP contribution is 2.20. The lowest BCUT2D eigenvalue weighted by atomic mass is 9.99. The highest BCUT2D eigenvalue weighted by molar-refractivity contribution is 6.00. The van der Waals surface area contributed by atoms with Gasteiger partial charge in [-0.25, -0.2) is 0 Å². The molecule has 7 heteroatoms. The molecular formula is C30H45N3O4. The van der Waals surface area contributed by atoms with Gasteiger partial charge in [0.1, 0.15) is 5.75 Å².